The van der Waals surface area contributed by atoms with Crippen molar-refractivity contribution in [3.8, 4) is 5.75 Å². The van der Waals surface area contributed by atoms with Gasteiger partial charge < -0.3 is 15.0 Å². The lowest BCUT2D eigenvalue weighted by molar-refractivity contribution is -0.117. The molecule has 0 bridgehead atoms. The van der Waals surface area contributed by atoms with Crippen LogP contribution in [0.2, 0.25) is 0 Å². The SMILES string of the molecule is CC1(CCNC(=O)N2CCc3cc(OCc4ccccc4)c(N4CC(=O)NS4(=O)=O)c(F)c3C2)CC1. The fourth-order valence-corrected chi connectivity index (χ4v) is 5.73. The summed E-state index contributed by atoms with van der Waals surface area (Å²) in [6.45, 7) is 2.67. The Morgan fingerprint density at radius 3 is 2.64 bits per heavy atom. The quantitative estimate of drug-likeness (QED) is 0.589. The van der Waals surface area contributed by atoms with Crippen molar-refractivity contribution in [1.29, 1.82) is 0 Å². The van der Waals surface area contributed by atoms with Gasteiger partial charge in [-0.3, -0.25) is 4.79 Å². The number of benzene rings is 2. The minimum Gasteiger partial charge on any atom is -0.487 e. The second-order valence-corrected chi connectivity index (χ2v) is 11.5. The largest absolute Gasteiger partial charge is 0.487 e. The van der Waals surface area contributed by atoms with E-state index in [4.69, 9.17) is 4.74 Å². The van der Waals surface area contributed by atoms with Gasteiger partial charge in [-0.15, -0.1) is 0 Å². The van der Waals surface area contributed by atoms with E-state index < -0.39 is 28.5 Å². The highest BCUT2D eigenvalue weighted by Gasteiger charge is 2.40. The molecule has 2 fully saturated rings. The molecule has 1 saturated carbocycles. The van der Waals surface area contributed by atoms with Gasteiger partial charge in [0.1, 0.15) is 24.6 Å². The lowest BCUT2D eigenvalue weighted by Crippen LogP contribution is -2.43. The third-order valence-corrected chi connectivity index (χ3v) is 8.48. The smallest absolute Gasteiger partial charge is 0.326 e. The van der Waals surface area contributed by atoms with Crippen LogP contribution in [-0.2, 0) is 34.6 Å². The van der Waals surface area contributed by atoms with Crippen LogP contribution in [0.3, 0.4) is 0 Å². The van der Waals surface area contributed by atoms with Crippen LogP contribution < -0.4 is 19.1 Å². The zero-order valence-corrected chi connectivity index (χ0v) is 20.9. The van der Waals surface area contributed by atoms with Crippen LogP contribution in [0.1, 0.15) is 42.9 Å². The number of nitrogens with zero attached hydrogens (tertiary/aromatic N) is 2. The van der Waals surface area contributed by atoms with E-state index in [0.29, 0.717) is 34.8 Å². The van der Waals surface area contributed by atoms with Crippen molar-refractivity contribution in [3.05, 3.63) is 58.9 Å². The maximum absolute atomic E-state index is 16.0. The molecule has 11 heteroatoms. The molecule has 2 N–H and O–H groups in total. The second kappa shape index (κ2) is 9.27. The molecule has 2 aliphatic heterocycles. The van der Waals surface area contributed by atoms with Crippen molar-refractivity contribution in [2.45, 2.75) is 45.8 Å². The van der Waals surface area contributed by atoms with Crippen LogP contribution in [0.4, 0.5) is 14.9 Å². The predicted molar refractivity (Wildman–Crippen MR) is 131 cm³/mol. The van der Waals surface area contributed by atoms with Gasteiger partial charge in [0.25, 0.3) is 5.91 Å². The molecule has 1 aliphatic carbocycles. The number of nitrogens with one attached hydrogen (secondary N) is 2. The number of hydrogen-bond acceptors (Lipinski definition) is 5. The number of anilines is 1. The Labute approximate surface area is 209 Å². The van der Waals surface area contributed by atoms with Crippen LogP contribution >= 0.6 is 0 Å². The van der Waals surface area contributed by atoms with E-state index in [1.807, 2.05) is 35.1 Å². The minimum atomic E-state index is -4.27. The van der Waals surface area contributed by atoms with Gasteiger partial charge in [-0.25, -0.2) is 18.2 Å². The number of amides is 3. The number of carbonyl (C=O) groups excluding carboxylic acids is 2. The highest BCUT2D eigenvalue weighted by Crippen LogP contribution is 2.47. The number of urea groups is 1. The molecular formula is C25H29FN4O5S. The highest BCUT2D eigenvalue weighted by molar-refractivity contribution is 7.92. The molecule has 2 aromatic carbocycles. The van der Waals surface area contributed by atoms with Crippen molar-refractivity contribution in [1.82, 2.24) is 14.9 Å². The monoisotopic (exact) mass is 516 g/mol. The van der Waals surface area contributed by atoms with Gasteiger partial charge in [-0.2, -0.15) is 8.42 Å². The average molecular weight is 517 g/mol. The molecule has 0 unspecified atom stereocenters. The number of fused-ring (bicyclic) bond motifs is 1. The molecular weight excluding hydrogens is 487 g/mol. The summed E-state index contributed by atoms with van der Waals surface area (Å²) in [6, 6.07) is 10.6. The van der Waals surface area contributed by atoms with Gasteiger partial charge in [0.05, 0.1) is 6.54 Å². The van der Waals surface area contributed by atoms with Crippen molar-refractivity contribution >= 4 is 27.8 Å². The van der Waals surface area contributed by atoms with E-state index in [0.717, 1.165) is 12.0 Å². The van der Waals surface area contributed by atoms with Crippen LogP contribution in [-0.4, -0.2) is 44.9 Å². The van der Waals surface area contributed by atoms with Crippen molar-refractivity contribution < 1.29 is 27.1 Å². The third-order valence-electron chi connectivity index (χ3n) is 7.10. The normalized spacial score (nSPS) is 19.4. The molecule has 2 heterocycles. The van der Waals surface area contributed by atoms with E-state index in [9.17, 15) is 18.0 Å². The Bertz CT molecular complexity index is 1300. The summed E-state index contributed by atoms with van der Waals surface area (Å²) in [5.74, 6) is -1.53. The lowest BCUT2D eigenvalue weighted by Gasteiger charge is -2.31. The molecule has 3 aliphatic rings. The number of halogens is 1. The van der Waals surface area contributed by atoms with E-state index in [1.165, 1.54) is 17.7 Å². The van der Waals surface area contributed by atoms with Gasteiger partial charge >= 0.3 is 16.2 Å². The summed E-state index contributed by atoms with van der Waals surface area (Å²) in [7, 11) is -4.27. The van der Waals surface area contributed by atoms with Crippen LogP contribution in [0.15, 0.2) is 36.4 Å². The molecule has 3 amide bonds. The molecule has 5 rings (SSSR count). The zero-order chi connectivity index (χ0) is 25.5. The Morgan fingerprint density at radius 1 is 1.22 bits per heavy atom. The first kappa shape index (κ1) is 24.4. The maximum Gasteiger partial charge on any atom is 0.326 e. The van der Waals surface area contributed by atoms with Crippen LogP contribution in [0.5, 0.6) is 5.75 Å². The van der Waals surface area contributed by atoms with Gasteiger partial charge in [-0.05, 0) is 48.3 Å². The predicted octanol–water partition coefficient (Wildman–Crippen LogP) is 2.84. The Balaban J connectivity index is 1.42. The van der Waals surface area contributed by atoms with E-state index in [2.05, 4.69) is 12.2 Å². The minimum absolute atomic E-state index is 0.00844. The molecule has 2 aromatic rings. The fraction of sp³-hybridized carbons (Fsp3) is 0.440. The number of carbonyl (C=O) groups is 2. The summed E-state index contributed by atoms with van der Waals surface area (Å²) in [5.41, 5.74) is 1.67. The summed E-state index contributed by atoms with van der Waals surface area (Å²) in [6.07, 6.45) is 3.62. The Kier molecular flexibility index (Phi) is 6.27. The summed E-state index contributed by atoms with van der Waals surface area (Å²) < 4.78 is 49.7. The van der Waals surface area contributed by atoms with Crippen LogP contribution in [0.25, 0.3) is 0 Å². The zero-order valence-electron chi connectivity index (χ0n) is 20.0. The average Bonchev–Trinajstić information content (AvgIpc) is 3.51. The molecule has 0 aromatic heterocycles. The first-order valence-electron chi connectivity index (χ1n) is 12.0. The van der Waals surface area contributed by atoms with Crippen molar-refractivity contribution in [2.24, 2.45) is 5.41 Å². The van der Waals surface area contributed by atoms with Gasteiger partial charge in [0.15, 0.2) is 5.82 Å². The number of rotatable bonds is 7. The summed E-state index contributed by atoms with van der Waals surface area (Å²) >= 11 is 0. The van der Waals surface area contributed by atoms with E-state index in [-0.39, 0.29) is 36.2 Å². The number of hydrogen-bond donors (Lipinski definition) is 2. The second-order valence-electron chi connectivity index (χ2n) is 9.95. The maximum atomic E-state index is 16.0. The summed E-state index contributed by atoms with van der Waals surface area (Å²) in [4.78, 5) is 26.2. The highest BCUT2D eigenvalue weighted by atomic mass is 32.2. The first-order chi connectivity index (χ1) is 17.2. The topological polar surface area (TPSA) is 108 Å². The van der Waals surface area contributed by atoms with Crippen molar-refractivity contribution in [3.63, 3.8) is 0 Å². The summed E-state index contributed by atoms with van der Waals surface area (Å²) in [5, 5.41) is 2.92. The molecule has 192 valence electrons. The molecule has 0 radical (unpaired) electrons. The molecule has 9 nitrogen and oxygen atoms in total. The third kappa shape index (κ3) is 4.97. The Hall–Kier alpha value is -3.34. The van der Waals surface area contributed by atoms with Gasteiger partial charge in [0, 0.05) is 18.7 Å². The lowest BCUT2D eigenvalue weighted by atomic mass is 9.97. The van der Waals surface area contributed by atoms with Crippen LogP contribution in [0, 0.1) is 11.2 Å². The molecule has 36 heavy (non-hydrogen) atoms. The van der Waals surface area contributed by atoms with Gasteiger partial charge in [-0.1, -0.05) is 37.3 Å². The molecule has 0 spiro atoms. The van der Waals surface area contributed by atoms with Gasteiger partial charge in [0.2, 0.25) is 0 Å². The van der Waals surface area contributed by atoms with Crippen molar-refractivity contribution in [2.75, 3.05) is 23.9 Å². The molecule has 0 atom stereocenters. The van der Waals surface area contributed by atoms with E-state index in [1.54, 1.807) is 6.07 Å². The number of ether oxygens (including phenoxy) is 1. The fourth-order valence-electron chi connectivity index (χ4n) is 4.57. The molecule has 1 saturated heterocycles. The Morgan fingerprint density at radius 2 is 1.97 bits per heavy atom. The first-order valence-corrected chi connectivity index (χ1v) is 13.5. The standard InChI is InChI=1S/C25H29FN4O5S/c1-25(8-9-25)10-11-27-24(32)29-12-7-18-13-20(35-16-17-5-3-2-4-6-17)23(22(26)19(18)14-29)30-15-21(31)28-36(30,33)34/h2-6,13H,7-12,14-16H2,1H3,(H,27,32)(H,28,31). The van der Waals surface area contributed by atoms with E-state index >= 15 is 4.39 Å².